The standard InChI is InChI=1S/C15H18N2O5/c1-21-10-2-3-11-9(6-10)4-5-17(12(11)8-18)14(20)15(22-16)7-13(15)19/h2-3,6,8,12-13,19H,4-5,7,16H2,1H3/t12-,13-,15?/m0/s1. The van der Waals surface area contributed by atoms with Gasteiger partial charge in [-0.05, 0) is 29.7 Å². The number of amides is 1. The van der Waals surface area contributed by atoms with Crippen molar-refractivity contribution in [2.24, 2.45) is 5.90 Å². The fourth-order valence-corrected chi connectivity index (χ4v) is 3.01. The van der Waals surface area contributed by atoms with Crippen molar-refractivity contribution in [3.8, 4) is 5.75 Å². The Morgan fingerprint density at radius 2 is 2.27 bits per heavy atom. The van der Waals surface area contributed by atoms with Crippen molar-refractivity contribution in [3.63, 3.8) is 0 Å². The third-order valence-electron chi connectivity index (χ3n) is 4.46. The Hall–Kier alpha value is -1.96. The monoisotopic (exact) mass is 306 g/mol. The summed E-state index contributed by atoms with van der Waals surface area (Å²) in [6.45, 7) is 0.361. The molecule has 118 valence electrons. The first kappa shape index (κ1) is 15.0. The van der Waals surface area contributed by atoms with Crippen LogP contribution in [0.25, 0.3) is 0 Å². The molecule has 1 amide bonds. The Labute approximate surface area is 127 Å². The predicted octanol–water partition coefficient (Wildman–Crippen LogP) is -0.286. The molecule has 1 unspecified atom stereocenters. The molecule has 1 aromatic rings. The van der Waals surface area contributed by atoms with Gasteiger partial charge in [0.2, 0.25) is 0 Å². The molecule has 1 aliphatic heterocycles. The van der Waals surface area contributed by atoms with Gasteiger partial charge in [-0.15, -0.1) is 0 Å². The van der Waals surface area contributed by atoms with Gasteiger partial charge in [0.15, 0.2) is 5.60 Å². The molecule has 0 aromatic heterocycles. The van der Waals surface area contributed by atoms with Crippen LogP contribution >= 0.6 is 0 Å². The van der Waals surface area contributed by atoms with Crippen LogP contribution in [0.4, 0.5) is 0 Å². The van der Waals surface area contributed by atoms with Gasteiger partial charge in [0.1, 0.15) is 18.1 Å². The number of hydrogen-bond acceptors (Lipinski definition) is 6. The summed E-state index contributed by atoms with van der Waals surface area (Å²) < 4.78 is 5.18. The molecule has 0 spiro atoms. The Bertz CT molecular complexity index is 616. The first-order chi connectivity index (χ1) is 10.6. The van der Waals surface area contributed by atoms with Gasteiger partial charge in [-0.1, -0.05) is 6.07 Å². The van der Waals surface area contributed by atoms with Crippen molar-refractivity contribution in [2.45, 2.75) is 30.6 Å². The summed E-state index contributed by atoms with van der Waals surface area (Å²) in [6.07, 6.45) is 0.551. The maximum Gasteiger partial charge on any atom is 0.260 e. The highest BCUT2D eigenvalue weighted by atomic mass is 16.7. The first-order valence-electron chi connectivity index (χ1n) is 7.06. The van der Waals surface area contributed by atoms with Gasteiger partial charge >= 0.3 is 0 Å². The van der Waals surface area contributed by atoms with Crippen LogP contribution in [0.3, 0.4) is 0 Å². The van der Waals surface area contributed by atoms with Gasteiger partial charge < -0.3 is 19.5 Å². The van der Waals surface area contributed by atoms with Crippen LogP contribution in [0.1, 0.15) is 23.6 Å². The molecule has 3 rings (SSSR count). The Kier molecular flexibility index (Phi) is 3.64. The van der Waals surface area contributed by atoms with Crippen molar-refractivity contribution in [1.29, 1.82) is 0 Å². The fraction of sp³-hybridized carbons (Fsp3) is 0.467. The number of nitrogens with zero attached hydrogens (tertiary/aromatic N) is 1. The van der Waals surface area contributed by atoms with E-state index in [4.69, 9.17) is 15.5 Å². The highest BCUT2D eigenvalue weighted by molar-refractivity contribution is 5.92. The highest BCUT2D eigenvalue weighted by Gasteiger charge is 2.64. The molecule has 0 bridgehead atoms. The summed E-state index contributed by atoms with van der Waals surface area (Å²) in [5, 5.41) is 9.64. The molecular weight excluding hydrogens is 288 g/mol. The molecule has 3 atom stereocenters. The quantitative estimate of drug-likeness (QED) is 0.585. The number of fused-ring (bicyclic) bond motifs is 1. The minimum atomic E-state index is -1.40. The number of carbonyl (C=O) groups is 2. The first-order valence-corrected chi connectivity index (χ1v) is 7.06. The average molecular weight is 306 g/mol. The van der Waals surface area contributed by atoms with Crippen LogP contribution in [0.15, 0.2) is 18.2 Å². The summed E-state index contributed by atoms with van der Waals surface area (Å²) in [7, 11) is 1.58. The maximum atomic E-state index is 12.6. The number of aliphatic hydroxyl groups is 1. The van der Waals surface area contributed by atoms with E-state index in [2.05, 4.69) is 0 Å². The van der Waals surface area contributed by atoms with E-state index in [9.17, 15) is 14.7 Å². The second-order valence-electron chi connectivity index (χ2n) is 5.62. The number of benzene rings is 1. The van der Waals surface area contributed by atoms with E-state index in [1.807, 2.05) is 6.07 Å². The van der Waals surface area contributed by atoms with Gasteiger partial charge in [-0.25, -0.2) is 5.90 Å². The normalized spacial score (nSPS) is 29.7. The number of nitrogens with two attached hydrogens (primary N) is 1. The largest absolute Gasteiger partial charge is 0.497 e. The minimum absolute atomic E-state index is 0.153. The molecule has 7 heteroatoms. The van der Waals surface area contributed by atoms with E-state index < -0.39 is 23.7 Å². The molecule has 0 saturated heterocycles. The molecule has 1 fully saturated rings. The zero-order valence-corrected chi connectivity index (χ0v) is 12.2. The topological polar surface area (TPSA) is 102 Å². The number of carbonyl (C=O) groups excluding carboxylic acids is 2. The molecule has 7 nitrogen and oxygen atoms in total. The average Bonchev–Trinajstić information content (AvgIpc) is 3.23. The molecule has 1 saturated carbocycles. The van der Waals surface area contributed by atoms with Gasteiger partial charge in [0.25, 0.3) is 5.91 Å². The molecule has 2 aliphatic rings. The SMILES string of the molecule is COc1ccc2c(c1)CCN(C(=O)C1(ON)C[C@@H]1O)[C@H]2C=O. The smallest absolute Gasteiger partial charge is 0.260 e. The number of aliphatic hydroxyl groups excluding tert-OH is 1. The predicted molar refractivity (Wildman–Crippen MR) is 75.8 cm³/mol. The Morgan fingerprint density at radius 1 is 1.55 bits per heavy atom. The van der Waals surface area contributed by atoms with Crippen LogP contribution < -0.4 is 10.6 Å². The van der Waals surface area contributed by atoms with Crippen molar-refractivity contribution in [2.75, 3.05) is 13.7 Å². The van der Waals surface area contributed by atoms with Crippen molar-refractivity contribution in [1.82, 2.24) is 4.90 Å². The zero-order valence-electron chi connectivity index (χ0n) is 12.2. The lowest BCUT2D eigenvalue weighted by Crippen LogP contribution is -2.49. The molecule has 1 heterocycles. The van der Waals surface area contributed by atoms with Crippen LogP contribution in [0.5, 0.6) is 5.75 Å². The fourth-order valence-electron chi connectivity index (χ4n) is 3.01. The second kappa shape index (κ2) is 5.35. The molecule has 22 heavy (non-hydrogen) atoms. The highest BCUT2D eigenvalue weighted by Crippen LogP contribution is 2.43. The zero-order chi connectivity index (χ0) is 15.9. The van der Waals surface area contributed by atoms with Gasteiger partial charge in [0, 0.05) is 13.0 Å². The second-order valence-corrected chi connectivity index (χ2v) is 5.62. The summed E-state index contributed by atoms with van der Waals surface area (Å²) in [4.78, 5) is 30.3. The number of methoxy groups -OCH3 is 1. The lowest BCUT2D eigenvalue weighted by molar-refractivity contribution is -0.154. The maximum absolute atomic E-state index is 12.6. The molecule has 0 radical (unpaired) electrons. The van der Waals surface area contributed by atoms with E-state index in [1.54, 1.807) is 19.2 Å². The minimum Gasteiger partial charge on any atom is -0.497 e. The van der Waals surface area contributed by atoms with Gasteiger partial charge in [-0.2, -0.15) is 0 Å². The molecule has 1 aliphatic carbocycles. The summed E-state index contributed by atoms with van der Waals surface area (Å²) in [6, 6.07) is 4.70. The van der Waals surface area contributed by atoms with E-state index in [0.29, 0.717) is 18.7 Å². The Balaban J connectivity index is 1.92. The summed E-state index contributed by atoms with van der Waals surface area (Å²) in [5.41, 5.74) is 0.336. The number of ether oxygens (including phenoxy) is 1. The van der Waals surface area contributed by atoms with Crippen LogP contribution in [0.2, 0.25) is 0 Å². The van der Waals surface area contributed by atoms with E-state index in [1.165, 1.54) is 4.90 Å². The number of rotatable bonds is 4. The van der Waals surface area contributed by atoms with Crippen molar-refractivity contribution in [3.05, 3.63) is 29.3 Å². The van der Waals surface area contributed by atoms with E-state index in [-0.39, 0.29) is 6.42 Å². The van der Waals surface area contributed by atoms with Crippen LogP contribution in [-0.4, -0.2) is 47.6 Å². The lowest BCUT2D eigenvalue weighted by Gasteiger charge is -2.36. The summed E-state index contributed by atoms with van der Waals surface area (Å²) in [5.74, 6) is 5.44. The Morgan fingerprint density at radius 3 is 2.82 bits per heavy atom. The number of hydrogen-bond donors (Lipinski definition) is 2. The van der Waals surface area contributed by atoms with E-state index >= 15 is 0 Å². The third kappa shape index (κ3) is 2.09. The number of aldehydes is 1. The third-order valence-corrected chi connectivity index (χ3v) is 4.46. The molecule has 1 aromatic carbocycles. The van der Waals surface area contributed by atoms with Crippen molar-refractivity contribution < 1.29 is 24.3 Å². The lowest BCUT2D eigenvalue weighted by atomic mass is 9.92. The van der Waals surface area contributed by atoms with Gasteiger partial charge in [0.05, 0.1) is 13.2 Å². The van der Waals surface area contributed by atoms with Gasteiger partial charge in [-0.3, -0.25) is 9.63 Å². The van der Waals surface area contributed by atoms with Crippen LogP contribution in [-0.2, 0) is 20.8 Å². The van der Waals surface area contributed by atoms with E-state index in [0.717, 1.165) is 17.4 Å². The van der Waals surface area contributed by atoms with Crippen molar-refractivity contribution >= 4 is 12.2 Å². The van der Waals surface area contributed by atoms with Crippen LogP contribution in [0, 0.1) is 0 Å². The molecular formula is C15H18N2O5. The summed E-state index contributed by atoms with van der Waals surface area (Å²) >= 11 is 0. The molecule has 3 N–H and O–H groups in total.